The molecule has 148 valence electrons. The Morgan fingerprint density at radius 2 is 1.93 bits per heavy atom. The van der Waals surface area contributed by atoms with Gasteiger partial charge in [-0.2, -0.15) is 18.3 Å². The molecule has 1 atom stereocenters. The molecule has 10 heteroatoms. The number of nitrogens with one attached hydrogen (secondary N) is 1. The number of rotatable bonds is 2. The second kappa shape index (κ2) is 8.12. The van der Waals surface area contributed by atoms with E-state index in [0.717, 1.165) is 24.6 Å². The quantitative estimate of drug-likeness (QED) is 0.826. The minimum absolute atomic E-state index is 0.471. The Hall–Kier alpha value is -2.36. The first-order valence-electron chi connectivity index (χ1n) is 8.97. The molecular weight excluding hydrogens is 363 g/mol. The molecule has 4 rings (SSSR count). The van der Waals surface area contributed by atoms with Crippen molar-refractivity contribution in [3.05, 3.63) is 24.2 Å². The predicted octanol–water partition coefficient (Wildman–Crippen LogP) is 2.43. The van der Waals surface area contributed by atoms with E-state index >= 15 is 0 Å². The molecule has 2 aliphatic heterocycles. The minimum Gasteiger partial charge on any atom is -0.475 e. The van der Waals surface area contributed by atoms with E-state index in [1.165, 1.54) is 44.5 Å². The normalized spacial score (nSPS) is 20.4. The third-order valence-electron chi connectivity index (χ3n) is 4.71. The van der Waals surface area contributed by atoms with E-state index in [1.807, 2.05) is 4.52 Å². The van der Waals surface area contributed by atoms with Gasteiger partial charge in [-0.15, -0.1) is 0 Å². The van der Waals surface area contributed by atoms with Gasteiger partial charge in [-0.3, -0.25) is 0 Å². The van der Waals surface area contributed by atoms with Gasteiger partial charge >= 0.3 is 12.1 Å². The molecule has 4 heterocycles. The van der Waals surface area contributed by atoms with E-state index in [-0.39, 0.29) is 0 Å². The van der Waals surface area contributed by atoms with Crippen LogP contribution in [0.3, 0.4) is 0 Å². The number of hydrogen-bond acceptors (Lipinski definition) is 5. The summed E-state index contributed by atoms with van der Waals surface area (Å²) in [7, 11) is 0. The fourth-order valence-corrected chi connectivity index (χ4v) is 3.30. The zero-order valence-electron chi connectivity index (χ0n) is 14.7. The fraction of sp³-hybridized carbons (Fsp3) is 0.588. The van der Waals surface area contributed by atoms with Crippen molar-refractivity contribution >= 4 is 17.3 Å². The Kier molecular flexibility index (Phi) is 5.83. The van der Waals surface area contributed by atoms with Crippen LogP contribution in [0.2, 0.25) is 0 Å². The lowest BCUT2D eigenvalue weighted by Gasteiger charge is -2.19. The molecule has 0 bridgehead atoms. The minimum atomic E-state index is -5.08. The second-order valence-electron chi connectivity index (χ2n) is 6.70. The average Bonchev–Trinajstić information content (AvgIpc) is 3.31. The molecule has 2 aromatic heterocycles. The van der Waals surface area contributed by atoms with Crippen LogP contribution in [0.5, 0.6) is 0 Å². The summed E-state index contributed by atoms with van der Waals surface area (Å²) in [6, 6.07) is 4.28. The van der Waals surface area contributed by atoms with Crippen molar-refractivity contribution in [2.24, 2.45) is 0 Å². The monoisotopic (exact) mass is 385 g/mol. The third kappa shape index (κ3) is 4.88. The Morgan fingerprint density at radius 1 is 1.22 bits per heavy atom. The smallest absolute Gasteiger partial charge is 0.475 e. The van der Waals surface area contributed by atoms with Crippen LogP contribution in [0.15, 0.2) is 18.3 Å². The molecular formula is C17H22F3N5O2. The topological polar surface area (TPSA) is 82.8 Å². The van der Waals surface area contributed by atoms with Crippen LogP contribution in [0.25, 0.3) is 5.65 Å². The Balaban J connectivity index is 0.000000260. The van der Waals surface area contributed by atoms with Crippen molar-refractivity contribution in [3.8, 4) is 0 Å². The molecule has 2 fully saturated rings. The summed E-state index contributed by atoms with van der Waals surface area (Å²) < 4.78 is 33.7. The molecule has 2 aromatic rings. The van der Waals surface area contributed by atoms with Gasteiger partial charge in [0.15, 0.2) is 11.5 Å². The van der Waals surface area contributed by atoms with Crippen molar-refractivity contribution in [2.75, 3.05) is 31.1 Å². The van der Waals surface area contributed by atoms with Crippen molar-refractivity contribution < 1.29 is 23.1 Å². The van der Waals surface area contributed by atoms with Gasteiger partial charge in [-0.05, 0) is 44.4 Å². The van der Waals surface area contributed by atoms with E-state index in [4.69, 9.17) is 20.0 Å². The highest BCUT2D eigenvalue weighted by atomic mass is 19.4. The van der Waals surface area contributed by atoms with Gasteiger partial charge in [-0.1, -0.05) is 0 Å². The Bertz CT molecular complexity index is 780. The lowest BCUT2D eigenvalue weighted by Crippen LogP contribution is -2.28. The Labute approximate surface area is 154 Å². The lowest BCUT2D eigenvalue weighted by molar-refractivity contribution is -0.192. The number of aliphatic carboxylic acids is 1. The number of aromatic nitrogens is 3. The van der Waals surface area contributed by atoms with E-state index in [1.54, 1.807) is 0 Å². The lowest BCUT2D eigenvalue weighted by atomic mass is 9.99. The number of nitrogens with zero attached hydrogens (tertiary/aromatic N) is 4. The standard InChI is InChI=1S/C15H21N5.C2HF3O2/c1-2-9-19(8-1)13-5-6-14-17-15(18-20(14)11-13)12-4-3-7-16-10-12;3-2(4,5)1(6)7/h5-6,11-12,16H,1-4,7-10H2;(H,6,7). The van der Waals surface area contributed by atoms with Crippen LogP contribution >= 0.6 is 0 Å². The molecule has 2 saturated heterocycles. The van der Waals surface area contributed by atoms with E-state index < -0.39 is 12.1 Å². The number of piperidine rings is 1. The summed E-state index contributed by atoms with van der Waals surface area (Å²) >= 11 is 0. The maximum atomic E-state index is 10.6. The van der Waals surface area contributed by atoms with Crippen molar-refractivity contribution in [3.63, 3.8) is 0 Å². The van der Waals surface area contributed by atoms with E-state index in [9.17, 15) is 13.2 Å². The number of carboxylic acid groups (broad SMARTS) is 1. The molecule has 0 radical (unpaired) electrons. The van der Waals surface area contributed by atoms with Gasteiger partial charge < -0.3 is 15.3 Å². The van der Waals surface area contributed by atoms with Crippen LogP contribution in [-0.2, 0) is 4.79 Å². The highest BCUT2D eigenvalue weighted by molar-refractivity contribution is 5.73. The number of carbonyl (C=O) groups is 1. The maximum Gasteiger partial charge on any atom is 0.490 e. The first-order valence-corrected chi connectivity index (χ1v) is 8.97. The first-order chi connectivity index (χ1) is 12.8. The number of pyridine rings is 1. The number of alkyl halides is 3. The number of fused-ring (bicyclic) bond motifs is 1. The highest BCUT2D eigenvalue weighted by Gasteiger charge is 2.38. The summed E-state index contributed by atoms with van der Waals surface area (Å²) in [5.74, 6) is -1.29. The summed E-state index contributed by atoms with van der Waals surface area (Å²) in [5.41, 5.74) is 2.24. The number of hydrogen-bond donors (Lipinski definition) is 2. The summed E-state index contributed by atoms with van der Waals surface area (Å²) in [4.78, 5) is 16.0. The van der Waals surface area contributed by atoms with E-state index in [2.05, 4.69) is 28.5 Å². The molecule has 7 nitrogen and oxygen atoms in total. The highest BCUT2D eigenvalue weighted by Crippen LogP contribution is 2.23. The van der Waals surface area contributed by atoms with Crippen LogP contribution in [0, 0.1) is 0 Å². The molecule has 2 N–H and O–H groups in total. The molecule has 0 saturated carbocycles. The average molecular weight is 385 g/mol. The molecule has 0 aliphatic carbocycles. The molecule has 27 heavy (non-hydrogen) atoms. The summed E-state index contributed by atoms with van der Waals surface area (Å²) in [5, 5.41) is 15.3. The van der Waals surface area contributed by atoms with Gasteiger partial charge in [-0.25, -0.2) is 14.3 Å². The van der Waals surface area contributed by atoms with Gasteiger partial charge in [0, 0.05) is 25.6 Å². The summed E-state index contributed by atoms with van der Waals surface area (Å²) in [6.07, 6.45) is 2.07. The molecule has 1 unspecified atom stereocenters. The zero-order valence-corrected chi connectivity index (χ0v) is 14.7. The second-order valence-corrected chi connectivity index (χ2v) is 6.70. The van der Waals surface area contributed by atoms with Gasteiger partial charge in [0.1, 0.15) is 0 Å². The molecule has 0 aromatic carbocycles. The number of anilines is 1. The van der Waals surface area contributed by atoms with Crippen LogP contribution < -0.4 is 10.2 Å². The van der Waals surface area contributed by atoms with Gasteiger partial charge in [0.2, 0.25) is 0 Å². The van der Waals surface area contributed by atoms with Crippen molar-refractivity contribution in [1.82, 2.24) is 19.9 Å². The van der Waals surface area contributed by atoms with Crippen LogP contribution in [-0.4, -0.2) is 58.0 Å². The SMILES string of the molecule is O=C(O)C(F)(F)F.c1cc2nc(C3CCCNC3)nn2cc1N1CCCC1. The number of carboxylic acids is 1. The van der Waals surface area contributed by atoms with Crippen molar-refractivity contribution in [2.45, 2.75) is 37.8 Å². The fourth-order valence-electron chi connectivity index (χ4n) is 3.30. The third-order valence-corrected chi connectivity index (χ3v) is 4.71. The van der Waals surface area contributed by atoms with Gasteiger partial charge in [0.25, 0.3) is 0 Å². The maximum absolute atomic E-state index is 10.6. The van der Waals surface area contributed by atoms with Crippen molar-refractivity contribution in [1.29, 1.82) is 0 Å². The zero-order chi connectivity index (χ0) is 19.4. The van der Waals surface area contributed by atoms with Gasteiger partial charge in [0.05, 0.1) is 11.9 Å². The first kappa shape index (κ1) is 19.4. The van der Waals surface area contributed by atoms with Crippen LogP contribution in [0.4, 0.5) is 18.9 Å². The van der Waals surface area contributed by atoms with E-state index in [0.29, 0.717) is 5.92 Å². The molecule has 0 amide bonds. The number of halogens is 3. The molecule has 0 spiro atoms. The van der Waals surface area contributed by atoms with Crippen LogP contribution in [0.1, 0.15) is 37.4 Å². The summed E-state index contributed by atoms with van der Waals surface area (Å²) in [6.45, 7) is 4.47. The predicted molar refractivity (Wildman–Crippen MR) is 93.0 cm³/mol. The largest absolute Gasteiger partial charge is 0.490 e. The molecule has 2 aliphatic rings. The Morgan fingerprint density at radius 3 is 2.52 bits per heavy atom.